The van der Waals surface area contributed by atoms with Crippen molar-refractivity contribution in [2.75, 3.05) is 0 Å². The van der Waals surface area contributed by atoms with Crippen molar-refractivity contribution in [1.29, 1.82) is 0 Å². The van der Waals surface area contributed by atoms with Crippen LogP contribution in [0.15, 0.2) is 66.7 Å². The first-order chi connectivity index (χ1) is 9.85. The Labute approximate surface area is 121 Å². The highest BCUT2D eigenvalue weighted by molar-refractivity contribution is 5.59. The third-order valence-corrected chi connectivity index (χ3v) is 3.59. The van der Waals surface area contributed by atoms with Crippen molar-refractivity contribution < 1.29 is 4.79 Å². The first-order valence-corrected chi connectivity index (χ1v) is 7.08. The first-order valence-electron chi connectivity index (χ1n) is 7.08. The minimum absolute atomic E-state index is 0.0253. The summed E-state index contributed by atoms with van der Waals surface area (Å²) in [6, 6.07) is 20.4. The van der Waals surface area contributed by atoms with Crippen LogP contribution in [0.5, 0.6) is 0 Å². The van der Waals surface area contributed by atoms with Crippen molar-refractivity contribution in [2.24, 2.45) is 5.92 Å². The Balaban J connectivity index is 2.28. The summed E-state index contributed by atoms with van der Waals surface area (Å²) in [5.74, 6) is 0.163. The molecule has 2 atom stereocenters. The zero-order valence-electron chi connectivity index (χ0n) is 11.8. The van der Waals surface area contributed by atoms with Gasteiger partial charge in [-0.2, -0.15) is 0 Å². The second-order valence-electron chi connectivity index (χ2n) is 4.91. The highest BCUT2D eigenvalue weighted by Gasteiger charge is 2.18. The zero-order chi connectivity index (χ0) is 14.2. The van der Waals surface area contributed by atoms with Crippen LogP contribution < -0.4 is 0 Å². The SMILES string of the molecule is CC[C@H](C=O)[C@H](/C=C/c1ccccc1)c1ccccc1. The number of hydrogen-bond donors (Lipinski definition) is 0. The van der Waals surface area contributed by atoms with E-state index in [2.05, 4.69) is 43.3 Å². The van der Waals surface area contributed by atoms with E-state index in [4.69, 9.17) is 0 Å². The van der Waals surface area contributed by atoms with E-state index in [0.29, 0.717) is 0 Å². The fourth-order valence-corrected chi connectivity index (χ4v) is 2.39. The van der Waals surface area contributed by atoms with Gasteiger partial charge in [0.15, 0.2) is 0 Å². The molecule has 0 radical (unpaired) electrons. The van der Waals surface area contributed by atoms with Crippen LogP contribution in [0.1, 0.15) is 30.4 Å². The molecule has 0 spiro atoms. The average molecular weight is 264 g/mol. The summed E-state index contributed by atoms with van der Waals surface area (Å²) in [6.07, 6.45) is 6.17. The van der Waals surface area contributed by atoms with Crippen molar-refractivity contribution >= 4 is 12.4 Å². The van der Waals surface area contributed by atoms with E-state index in [9.17, 15) is 4.79 Å². The molecule has 20 heavy (non-hydrogen) atoms. The summed E-state index contributed by atoms with van der Waals surface area (Å²) in [5.41, 5.74) is 2.35. The van der Waals surface area contributed by atoms with Crippen molar-refractivity contribution in [1.82, 2.24) is 0 Å². The Bertz CT molecular complexity index is 542. The Morgan fingerprint density at radius 1 is 0.950 bits per heavy atom. The molecule has 2 rings (SSSR count). The van der Waals surface area contributed by atoms with E-state index in [1.165, 1.54) is 5.56 Å². The van der Waals surface area contributed by atoms with Gasteiger partial charge < -0.3 is 4.79 Å². The fraction of sp³-hybridized carbons (Fsp3) is 0.211. The molecule has 0 amide bonds. The minimum Gasteiger partial charge on any atom is -0.303 e. The van der Waals surface area contributed by atoms with Gasteiger partial charge in [-0.15, -0.1) is 0 Å². The van der Waals surface area contributed by atoms with Crippen LogP contribution in [-0.2, 0) is 4.79 Å². The Morgan fingerprint density at radius 2 is 1.55 bits per heavy atom. The fourth-order valence-electron chi connectivity index (χ4n) is 2.39. The summed E-state index contributed by atoms with van der Waals surface area (Å²) in [7, 11) is 0. The van der Waals surface area contributed by atoms with Gasteiger partial charge in [0, 0.05) is 11.8 Å². The molecule has 0 heterocycles. The molecule has 0 N–H and O–H groups in total. The zero-order valence-corrected chi connectivity index (χ0v) is 11.8. The summed E-state index contributed by atoms with van der Waals surface area (Å²) in [4.78, 5) is 11.3. The van der Waals surface area contributed by atoms with Crippen LogP contribution in [0, 0.1) is 5.92 Å². The largest absolute Gasteiger partial charge is 0.303 e. The van der Waals surface area contributed by atoms with E-state index < -0.39 is 0 Å². The van der Waals surface area contributed by atoms with Gasteiger partial charge in [-0.1, -0.05) is 79.7 Å². The lowest BCUT2D eigenvalue weighted by Gasteiger charge is -2.19. The molecule has 1 nitrogen and oxygen atoms in total. The van der Waals surface area contributed by atoms with Crippen LogP contribution in [0.3, 0.4) is 0 Å². The highest BCUT2D eigenvalue weighted by atomic mass is 16.1. The van der Waals surface area contributed by atoms with E-state index >= 15 is 0 Å². The molecule has 2 aromatic rings. The Hall–Kier alpha value is -2.15. The maximum absolute atomic E-state index is 11.3. The number of aldehydes is 1. The van der Waals surface area contributed by atoms with Crippen LogP contribution in [0.25, 0.3) is 6.08 Å². The van der Waals surface area contributed by atoms with Gasteiger partial charge in [0.25, 0.3) is 0 Å². The highest BCUT2D eigenvalue weighted by Crippen LogP contribution is 2.28. The maximum atomic E-state index is 11.3. The van der Waals surface area contributed by atoms with Gasteiger partial charge in [-0.05, 0) is 17.5 Å². The van der Waals surface area contributed by atoms with Crippen LogP contribution in [0.2, 0.25) is 0 Å². The van der Waals surface area contributed by atoms with Crippen molar-refractivity contribution in [2.45, 2.75) is 19.3 Å². The van der Waals surface area contributed by atoms with Crippen molar-refractivity contribution in [3.63, 3.8) is 0 Å². The molecule has 2 aromatic carbocycles. The van der Waals surface area contributed by atoms with Crippen LogP contribution >= 0.6 is 0 Å². The van der Waals surface area contributed by atoms with Gasteiger partial charge in [0.1, 0.15) is 6.29 Å². The summed E-state index contributed by atoms with van der Waals surface area (Å²) in [5, 5.41) is 0. The average Bonchev–Trinajstić information content (AvgIpc) is 2.53. The maximum Gasteiger partial charge on any atom is 0.123 e. The summed E-state index contributed by atoms with van der Waals surface area (Å²) < 4.78 is 0. The smallest absolute Gasteiger partial charge is 0.123 e. The molecule has 0 fully saturated rings. The molecule has 0 aliphatic heterocycles. The monoisotopic (exact) mass is 264 g/mol. The van der Waals surface area contributed by atoms with Crippen molar-refractivity contribution in [3.05, 3.63) is 77.9 Å². The molecule has 0 bridgehead atoms. The number of carbonyl (C=O) groups excluding carboxylic acids is 1. The summed E-state index contributed by atoms with van der Waals surface area (Å²) >= 11 is 0. The molecule has 0 saturated carbocycles. The van der Waals surface area contributed by atoms with Gasteiger partial charge in [-0.25, -0.2) is 0 Å². The number of benzene rings is 2. The first kappa shape index (κ1) is 14.3. The van der Waals surface area contributed by atoms with E-state index in [1.807, 2.05) is 36.4 Å². The second kappa shape index (κ2) is 7.44. The lowest BCUT2D eigenvalue weighted by atomic mass is 9.84. The topological polar surface area (TPSA) is 17.1 Å². The van der Waals surface area contributed by atoms with E-state index in [-0.39, 0.29) is 11.8 Å². The second-order valence-corrected chi connectivity index (χ2v) is 4.91. The van der Waals surface area contributed by atoms with Gasteiger partial charge >= 0.3 is 0 Å². The molecule has 102 valence electrons. The van der Waals surface area contributed by atoms with Gasteiger partial charge in [-0.3, -0.25) is 0 Å². The number of allylic oxidation sites excluding steroid dienone is 1. The molecular weight excluding hydrogens is 244 g/mol. The molecule has 0 aromatic heterocycles. The number of rotatable bonds is 6. The molecule has 0 aliphatic carbocycles. The third-order valence-electron chi connectivity index (χ3n) is 3.59. The van der Waals surface area contributed by atoms with Crippen LogP contribution in [-0.4, -0.2) is 6.29 Å². The third kappa shape index (κ3) is 3.67. The standard InChI is InChI=1S/C19H20O/c1-2-17(15-20)19(18-11-7-4-8-12-18)14-13-16-9-5-3-6-10-16/h3-15,17,19H,2H2,1H3/b14-13+/t17-,19+/m1/s1. The predicted molar refractivity (Wildman–Crippen MR) is 84.5 cm³/mol. The minimum atomic E-state index is 0.0253. The Morgan fingerprint density at radius 3 is 2.10 bits per heavy atom. The number of hydrogen-bond acceptors (Lipinski definition) is 1. The van der Waals surface area contributed by atoms with E-state index in [1.54, 1.807) is 0 Å². The molecular formula is C19H20O. The number of carbonyl (C=O) groups is 1. The lowest BCUT2D eigenvalue weighted by molar-refractivity contribution is -0.111. The molecule has 0 saturated heterocycles. The predicted octanol–water partition coefficient (Wildman–Crippen LogP) is 4.71. The summed E-state index contributed by atoms with van der Waals surface area (Å²) in [6.45, 7) is 2.06. The normalized spacial score (nSPS) is 14.1. The molecule has 0 unspecified atom stereocenters. The molecule has 0 aliphatic rings. The van der Waals surface area contributed by atoms with Crippen LogP contribution in [0.4, 0.5) is 0 Å². The van der Waals surface area contributed by atoms with Gasteiger partial charge in [0.2, 0.25) is 0 Å². The van der Waals surface area contributed by atoms with Gasteiger partial charge in [0.05, 0.1) is 0 Å². The Kier molecular flexibility index (Phi) is 5.31. The quantitative estimate of drug-likeness (QED) is 0.691. The molecule has 1 heteroatoms. The lowest BCUT2D eigenvalue weighted by Crippen LogP contribution is -2.11. The van der Waals surface area contributed by atoms with E-state index in [0.717, 1.165) is 18.3 Å². The van der Waals surface area contributed by atoms with Crippen molar-refractivity contribution in [3.8, 4) is 0 Å².